The number of fused-ring (bicyclic) bond motifs is 1. The quantitative estimate of drug-likeness (QED) is 0.782. The van der Waals surface area contributed by atoms with Crippen molar-refractivity contribution < 1.29 is 17.9 Å². The number of thiophene rings is 1. The van der Waals surface area contributed by atoms with Gasteiger partial charge in [-0.15, -0.1) is 11.3 Å². The second kappa shape index (κ2) is 8.02. The van der Waals surface area contributed by atoms with Crippen LogP contribution in [0.1, 0.15) is 40.6 Å². The van der Waals surface area contributed by atoms with Gasteiger partial charge in [0.1, 0.15) is 10.7 Å². The Kier molecular flexibility index (Phi) is 6.04. The monoisotopic (exact) mass is 426 g/mol. The van der Waals surface area contributed by atoms with Crippen molar-refractivity contribution in [2.24, 2.45) is 0 Å². The maximum Gasteiger partial charge on any atom is 0.261 e. The summed E-state index contributed by atoms with van der Waals surface area (Å²) in [7, 11) is -3.45. The molecule has 3 heterocycles. The van der Waals surface area contributed by atoms with Crippen LogP contribution in [-0.2, 0) is 14.8 Å². The number of hydrogen-bond acceptors (Lipinski definition) is 7. The fourth-order valence-corrected chi connectivity index (χ4v) is 6.24. The number of sulfonamides is 1. The van der Waals surface area contributed by atoms with E-state index in [9.17, 15) is 13.2 Å². The molecular weight excluding hydrogens is 400 g/mol. The lowest BCUT2D eigenvalue weighted by Crippen LogP contribution is -2.49. The number of aromatic nitrogens is 2. The highest BCUT2D eigenvalue weighted by Crippen LogP contribution is 2.31. The molecule has 0 saturated carbocycles. The van der Waals surface area contributed by atoms with Gasteiger partial charge >= 0.3 is 0 Å². The van der Waals surface area contributed by atoms with E-state index in [-0.39, 0.29) is 30.4 Å². The molecule has 0 unspecified atom stereocenters. The lowest BCUT2D eigenvalue weighted by Gasteiger charge is -2.34. The number of amides is 1. The molecule has 2 aromatic rings. The van der Waals surface area contributed by atoms with E-state index in [4.69, 9.17) is 4.74 Å². The summed E-state index contributed by atoms with van der Waals surface area (Å²) < 4.78 is 32.2. The van der Waals surface area contributed by atoms with Crippen LogP contribution in [0.4, 0.5) is 0 Å². The van der Waals surface area contributed by atoms with E-state index < -0.39 is 10.0 Å². The maximum atomic E-state index is 12.6. The highest BCUT2D eigenvalue weighted by Gasteiger charge is 2.30. The van der Waals surface area contributed by atoms with Gasteiger partial charge in [-0.1, -0.05) is 0 Å². The fourth-order valence-electron chi connectivity index (χ4n) is 3.55. The molecule has 0 radical (unpaired) electrons. The first-order valence-corrected chi connectivity index (χ1v) is 11.7. The lowest BCUT2D eigenvalue weighted by molar-refractivity contribution is -0.0440. The lowest BCUT2D eigenvalue weighted by atomic mass is 10.1. The smallest absolute Gasteiger partial charge is 0.261 e. The molecule has 1 saturated heterocycles. The summed E-state index contributed by atoms with van der Waals surface area (Å²) in [5.41, 5.74) is 1.67. The van der Waals surface area contributed by atoms with E-state index in [2.05, 4.69) is 15.3 Å². The van der Waals surface area contributed by atoms with Crippen LogP contribution in [-0.4, -0.2) is 66.2 Å². The van der Waals surface area contributed by atoms with Gasteiger partial charge in [-0.05, 0) is 40.2 Å². The molecule has 1 fully saturated rings. The molecule has 0 aliphatic carbocycles. The van der Waals surface area contributed by atoms with Crippen LogP contribution in [0.5, 0.6) is 0 Å². The number of nitrogens with one attached hydrogen (secondary N) is 1. The van der Waals surface area contributed by atoms with Crippen LogP contribution < -0.4 is 5.32 Å². The van der Waals surface area contributed by atoms with Crippen LogP contribution in [0, 0.1) is 20.8 Å². The van der Waals surface area contributed by atoms with Crippen molar-refractivity contribution in [3.8, 4) is 0 Å². The highest BCUT2D eigenvalue weighted by atomic mass is 32.2. The number of carbonyl (C=O) groups excluding carboxylic acids is 1. The number of hydrogen-bond donors (Lipinski definition) is 1. The minimum atomic E-state index is -3.45. The molecule has 10 heteroatoms. The van der Waals surface area contributed by atoms with Crippen molar-refractivity contribution in [2.75, 3.05) is 25.4 Å². The Labute approximate surface area is 169 Å². The molecule has 0 bridgehead atoms. The van der Waals surface area contributed by atoms with Crippen molar-refractivity contribution >= 4 is 37.5 Å². The van der Waals surface area contributed by atoms with Gasteiger partial charge in [-0.2, -0.15) is 4.31 Å². The van der Waals surface area contributed by atoms with E-state index in [1.54, 1.807) is 0 Å². The largest absolute Gasteiger partial charge is 0.373 e. The highest BCUT2D eigenvalue weighted by molar-refractivity contribution is 7.89. The van der Waals surface area contributed by atoms with Gasteiger partial charge in [-0.3, -0.25) is 4.79 Å². The van der Waals surface area contributed by atoms with Crippen molar-refractivity contribution in [3.05, 3.63) is 22.0 Å². The minimum Gasteiger partial charge on any atom is -0.373 e. The van der Waals surface area contributed by atoms with Gasteiger partial charge in [0, 0.05) is 30.7 Å². The van der Waals surface area contributed by atoms with Gasteiger partial charge in [0.2, 0.25) is 10.0 Å². The maximum absolute atomic E-state index is 12.6. The molecule has 1 aliphatic heterocycles. The Morgan fingerprint density at radius 1 is 1.21 bits per heavy atom. The number of ether oxygens (including phenoxy) is 1. The summed E-state index contributed by atoms with van der Waals surface area (Å²) >= 11 is 1.31. The van der Waals surface area contributed by atoms with Crippen molar-refractivity contribution in [1.29, 1.82) is 0 Å². The Morgan fingerprint density at radius 3 is 2.50 bits per heavy atom. The zero-order valence-electron chi connectivity index (χ0n) is 16.8. The Balaban J connectivity index is 1.67. The van der Waals surface area contributed by atoms with E-state index in [0.29, 0.717) is 23.8 Å². The van der Waals surface area contributed by atoms with Crippen LogP contribution in [0.2, 0.25) is 0 Å². The second-order valence-electron chi connectivity index (χ2n) is 7.24. The molecule has 1 aliphatic rings. The molecule has 1 amide bonds. The third-order valence-corrected chi connectivity index (χ3v) is 7.70. The summed E-state index contributed by atoms with van der Waals surface area (Å²) in [5.74, 6) is 0.245. The van der Waals surface area contributed by atoms with E-state index in [0.717, 1.165) is 21.5 Å². The summed E-state index contributed by atoms with van der Waals surface area (Å²) in [5, 5.41) is 3.63. The first-order chi connectivity index (χ1) is 13.1. The summed E-state index contributed by atoms with van der Waals surface area (Å²) in [4.78, 5) is 22.7. The van der Waals surface area contributed by atoms with Gasteiger partial charge in [0.05, 0.1) is 22.8 Å². The standard InChI is InChI=1S/C18H26N4O4S2/c1-10-8-22(9-11(2)26-10)28(24,25)7-6-19-17(23)16-12(3)15-13(4)20-14(5)21-18(15)27-16/h10-11H,6-9H2,1-5H3,(H,19,23)/t10-,11-/m1/s1. The molecule has 8 nitrogen and oxygen atoms in total. The van der Waals surface area contributed by atoms with Crippen molar-refractivity contribution in [3.63, 3.8) is 0 Å². The number of morpholine rings is 1. The number of aryl methyl sites for hydroxylation is 3. The first-order valence-electron chi connectivity index (χ1n) is 9.24. The van der Waals surface area contributed by atoms with Crippen LogP contribution in [0.15, 0.2) is 0 Å². The fraction of sp³-hybridized carbons (Fsp3) is 0.611. The van der Waals surface area contributed by atoms with Gasteiger partial charge in [0.15, 0.2) is 0 Å². The summed E-state index contributed by atoms with van der Waals surface area (Å²) in [6, 6.07) is 0. The Bertz CT molecular complexity index is 993. The first kappa shape index (κ1) is 21.1. The second-order valence-corrected chi connectivity index (χ2v) is 10.3. The molecule has 154 valence electrons. The summed E-state index contributed by atoms with van der Waals surface area (Å²) in [6.45, 7) is 10.0. The Morgan fingerprint density at radius 2 is 1.86 bits per heavy atom. The topological polar surface area (TPSA) is 101 Å². The van der Waals surface area contributed by atoms with Gasteiger partial charge < -0.3 is 10.1 Å². The number of nitrogens with zero attached hydrogens (tertiary/aromatic N) is 3. The number of carbonyl (C=O) groups is 1. The average molecular weight is 427 g/mol. The molecule has 1 N–H and O–H groups in total. The zero-order chi connectivity index (χ0) is 20.6. The van der Waals surface area contributed by atoms with E-state index >= 15 is 0 Å². The molecule has 28 heavy (non-hydrogen) atoms. The van der Waals surface area contributed by atoms with E-state index in [1.807, 2.05) is 34.6 Å². The predicted molar refractivity (Wildman–Crippen MR) is 109 cm³/mol. The third-order valence-electron chi connectivity index (χ3n) is 4.71. The molecular formula is C18H26N4O4S2. The van der Waals surface area contributed by atoms with Gasteiger partial charge in [-0.25, -0.2) is 18.4 Å². The molecule has 0 aromatic carbocycles. The zero-order valence-corrected chi connectivity index (χ0v) is 18.4. The molecule has 2 aromatic heterocycles. The molecule has 3 rings (SSSR count). The third kappa shape index (κ3) is 4.35. The minimum absolute atomic E-state index is 0.0542. The van der Waals surface area contributed by atoms with Crippen LogP contribution in [0.3, 0.4) is 0 Å². The SMILES string of the molecule is Cc1nc(C)c2c(C)c(C(=O)NCCS(=O)(=O)N3C[C@@H](C)O[C@H](C)C3)sc2n1. The average Bonchev–Trinajstić information content (AvgIpc) is 2.90. The molecule has 0 spiro atoms. The van der Waals surface area contributed by atoms with Crippen LogP contribution >= 0.6 is 11.3 Å². The number of rotatable bonds is 5. The normalized spacial score (nSPS) is 21.2. The van der Waals surface area contributed by atoms with Crippen molar-refractivity contribution in [1.82, 2.24) is 19.6 Å². The molecule has 2 atom stereocenters. The predicted octanol–water partition coefficient (Wildman–Crippen LogP) is 1.79. The van der Waals surface area contributed by atoms with Gasteiger partial charge in [0.25, 0.3) is 5.91 Å². The van der Waals surface area contributed by atoms with E-state index in [1.165, 1.54) is 15.6 Å². The summed E-state index contributed by atoms with van der Waals surface area (Å²) in [6.07, 6.45) is -0.274. The van der Waals surface area contributed by atoms with Crippen molar-refractivity contribution in [2.45, 2.75) is 46.8 Å². The Hall–Kier alpha value is -1.62. The van der Waals surface area contributed by atoms with Crippen LogP contribution in [0.25, 0.3) is 10.2 Å².